The van der Waals surface area contributed by atoms with Crippen molar-refractivity contribution < 1.29 is 14.4 Å². The number of hydrogen-bond donors (Lipinski definition) is 1. The van der Waals surface area contributed by atoms with Crippen molar-refractivity contribution in [3.05, 3.63) is 39.7 Å². The average molecular weight is 255 g/mol. The highest BCUT2D eigenvalue weighted by atomic mass is 19.1. The van der Waals surface area contributed by atoms with Gasteiger partial charge in [0, 0.05) is 6.07 Å². The molecule has 0 bridgehead atoms. The quantitative estimate of drug-likeness (QED) is 0.627. The number of aryl methyl sites for hydroxylation is 1. The van der Waals surface area contributed by atoms with E-state index in [4.69, 9.17) is 0 Å². The van der Waals surface area contributed by atoms with Gasteiger partial charge in [-0.05, 0) is 30.7 Å². The first-order valence-electron chi connectivity index (χ1n) is 6.01. The Labute approximate surface area is 106 Å². The Morgan fingerprint density at radius 3 is 2.67 bits per heavy atom. The molecule has 0 aliphatic heterocycles. The van der Waals surface area contributed by atoms with Crippen molar-refractivity contribution in [2.75, 3.05) is 0 Å². The average Bonchev–Trinajstić information content (AvgIpc) is 2.26. The molecule has 5 heteroatoms. The molecule has 0 saturated carbocycles. The summed E-state index contributed by atoms with van der Waals surface area (Å²) >= 11 is 0. The van der Waals surface area contributed by atoms with Crippen LogP contribution in [0.15, 0.2) is 18.2 Å². The standard InChI is InChI=1S/C13H18FNO3/c1-9(2)8-11(16)7-6-10-4-3-5-12(13(10)14)15(17)18/h3-5,9,11,16H,6-8H2,1-2H3. The maximum atomic E-state index is 13.7. The molecule has 1 aromatic rings. The molecule has 1 unspecified atom stereocenters. The van der Waals surface area contributed by atoms with E-state index in [1.807, 2.05) is 13.8 Å². The fourth-order valence-electron chi connectivity index (χ4n) is 1.88. The Kier molecular flexibility index (Phi) is 5.22. The molecular formula is C13H18FNO3. The van der Waals surface area contributed by atoms with E-state index in [9.17, 15) is 19.6 Å². The summed E-state index contributed by atoms with van der Waals surface area (Å²) in [6, 6.07) is 4.12. The summed E-state index contributed by atoms with van der Waals surface area (Å²) in [5, 5.41) is 20.3. The van der Waals surface area contributed by atoms with Crippen molar-refractivity contribution in [2.45, 2.75) is 39.2 Å². The van der Waals surface area contributed by atoms with Crippen LogP contribution in [0.2, 0.25) is 0 Å². The van der Waals surface area contributed by atoms with Crippen LogP contribution in [0.4, 0.5) is 10.1 Å². The van der Waals surface area contributed by atoms with Gasteiger partial charge in [0.05, 0.1) is 11.0 Å². The lowest BCUT2D eigenvalue weighted by Crippen LogP contribution is -2.11. The number of nitro benzene ring substituents is 1. The SMILES string of the molecule is CC(C)CC(O)CCc1cccc([N+](=O)[O-])c1F. The first kappa shape index (κ1) is 14.6. The normalized spacial score (nSPS) is 12.7. The van der Waals surface area contributed by atoms with E-state index in [-0.39, 0.29) is 5.56 Å². The van der Waals surface area contributed by atoms with Gasteiger partial charge in [0.15, 0.2) is 0 Å². The number of rotatable bonds is 6. The smallest absolute Gasteiger partial charge is 0.305 e. The first-order valence-corrected chi connectivity index (χ1v) is 6.01. The van der Waals surface area contributed by atoms with Gasteiger partial charge in [-0.15, -0.1) is 0 Å². The van der Waals surface area contributed by atoms with E-state index in [1.165, 1.54) is 12.1 Å². The zero-order chi connectivity index (χ0) is 13.7. The Hall–Kier alpha value is -1.49. The van der Waals surface area contributed by atoms with Crippen LogP contribution >= 0.6 is 0 Å². The van der Waals surface area contributed by atoms with Crippen molar-refractivity contribution in [3.63, 3.8) is 0 Å². The van der Waals surface area contributed by atoms with E-state index >= 15 is 0 Å². The molecule has 1 atom stereocenters. The van der Waals surface area contributed by atoms with Gasteiger partial charge in [-0.3, -0.25) is 10.1 Å². The summed E-state index contributed by atoms with van der Waals surface area (Å²) in [7, 11) is 0. The van der Waals surface area contributed by atoms with Gasteiger partial charge in [0.2, 0.25) is 5.82 Å². The molecule has 0 spiro atoms. The molecular weight excluding hydrogens is 237 g/mol. The van der Waals surface area contributed by atoms with Crippen LogP contribution in [-0.2, 0) is 6.42 Å². The third-order valence-electron chi connectivity index (χ3n) is 2.75. The first-order chi connectivity index (χ1) is 8.41. The summed E-state index contributed by atoms with van der Waals surface area (Å²) in [5.41, 5.74) is -0.224. The lowest BCUT2D eigenvalue weighted by atomic mass is 9.99. The number of nitro groups is 1. The summed E-state index contributed by atoms with van der Waals surface area (Å²) in [4.78, 5) is 9.84. The monoisotopic (exact) mass is 255 g/mol. The largest absolute Gasteiger partial charge is 0.393 e. The Morgan fingerprint density at radius 2 is 2.11 bits per heavy atom. The second-order valence-corrected chi connectivity index (χ2v) is 4.83. The van der Waals surface area contributed by atoms with Crippen LogP contribution in [0.1, 0.15) is 32.3 Å². The van der Waals surface area contributed by atoms with Crippen LogP contribution in [0, 0.1) is 21.8 Å². The van der Waals surface area contributed by atoms with Crippen LogP contribution in [0.3, 0.4) is 0 Å². The topological polar surface area (TPSA) is 63.4 Å². The molecule has 18 heavy (non-hydrogen) atoms. The fraction of sp³-hybridized carbons (Fsp3) is 0.538. The predicted molar refractivity (Wildman–Crippen MR) is 66.8 cm³/mol. The van der Waals surface area contributed by atoms with Gasteiger partial charge in [0.25, 0.3) is 0 Å². The van der Waals surface area contributed by atoms with Gasteiger partial charge < -0.3 is 5.11 Å². The zero-order valence-electron chi connectivity index (χ0n) is 10.6. The number of benzene rings is 1. The third-order valence-corrected chi connectivity index (χ3v) is 2.75. The lowest BCUT2D eigenvalue weighted by Gasteiger charge is -2.12. The van der Waals surface area contributed by atoms with Crippen molar-refractivity contribution in [3.8, 4) is 0 Å². The highest BCUT2D eigenvalue weighted by molar-refractivity contribution is 5.36. The van der Waals surface area contributed by atoms with Crippen molar-refractivity contribution in [1.82, 2.24) is 0 Å². The fourth-order valence-corrected chi connectivity index (χ4v) is 1.88. The second kappa shape index (κ2) is 6.44. The molecule has 100 valence electrons. The zero-order valence-corrected chi connectivity index (χ0v) is 10.6. The number of nitrogens with zero attached hydrogens (tertiary/aromatic N) is 1. The summed E-state index contributed by atoms with van der Waals surface area (Å²) in [6.45, 7) is 3.99. The predicted octanol–water partition coefficient (Wildman–Crippen LogP) is 3.07. The third kappa shape index (κ3) is 4.07. The summed E-state index contributed by atoms with van der Waals surface area (Å²) < 4.78 is 13.7. The molecule has 1 aromatic carbocycles. The van der Waals surface area contributed by atoms with E-state index in [0.29, 0.717) is 25.2 Å². The Morgan fingerprint density at radius 1 is 1.44 bits per heavy atom. The van der Waals surface area contributed by atoms with Gasteiger partial charge in [-0.2, -0.15) is 4.39 Å². The van der Waals surface area contributed by atoms with Crippen molar-refractivity contribution >= 4 is 5.69 Å². The highest BCUT2D eigenvalue weighted by Gasteiger charge is 2.17. The number of hydrogen-bond acceptors (Lipinski definition) is 3. The molecule has 0 saturated heterocycles. The molecule has 1 N–H and O–H groups in total. The van der Waals surface area contributed by atoms with Crippen LogP contribution in [0.25, 0.3) is 0 Å². The van der Waals surface area contributed by atoms with Gasteiger partial charge in [-0.1, -0.05) is 26.0 Å². The number of aliphatic hydroxyl groups is 1. The lowest BCUT2D eigenvalue weighted by molar-refractivity contribution is -0.387. The molecule has 1 rings (SSSR count). The second-order valence-electron chi connectivity index (χ2n) is 4.83. The van der Waals surface area contributed by atoms with Crippen LogP contribution in [0.5, 0.6) is 0 Å². The van der Waals surface area contributed by atoms with Crippen molar-refractivity contribution in [1.29, 1.82) is 0 Å². The minimum absolute atomic E-state index is 0.284. The molecule has 0 heterocycles. The minimum atomic E-state index is -0.792. The Bertz CT molecular complexity index is 421. The molecule has 0 amide bonds. The summed E-state index contributed by atoms with van der Waals surface area (Å²) in [5.74, 6) is -0.422. The maximum absolute atomic E-state index is 13.7. The molecule has 0 aromatic heterocycles. The van der Waals surface area contributed by atoms with E-state index in [1.54, 1.807) is 0 Å². The van der Waals surface area contributed by atoms with Crippen molar-refractivity contribution in [2.24, 2.45) is 5.92 Å². The van der Waals surface area contributed by atoms with Gasteiger partial charge in [0.1, 0.15) is 0 Å². The van der Waals surface area contributed by atoms with E-state index in [2.05, 4.69) is 0 Å². The summed E-state index contributed by atoms with van der Waals surface area (Å²) in [6.07, 6.45) is 0.873. The van der Waals surface area contributed by atoms with Gasteiger partial charge >= 0.3 is 5.69 Å². The van der Waals surface area contributed by atoms with Crippen LogP contribution < -0.4 is 0 Å². The van der Waals surface area contributed by atoms with E-state index in [0.717, 1.165) is 6.07 Å². The minimum Gasteiger partial charge on any atom is -0.393 e. The van der Waals surface area contributed by atoms with Crippen LogP contribution in [-0.4, -0.2) is 16.1 Å². The molecule has 0 aliphatic rings. The number of aliphatic hydroxyl groups excluding tert-OH is 1. The van der Waals surface area contributed by atoms with E-state index < -0.39 is 22.5 Å². The molecule has 0 fully saturated rings. The highest BCUT2D eigenvalue weighted by Crippen LogP contribution is 2.22. The maximum Gasteiger partial charge on any atom is 0.305 e. The molecule has 0 aliphatic carbocycles. The molecule has 4 nitrogen and oxygen atoms in total. The van der Waals surface area contributed by atoms with Gasteiger partial charge in [-0.25, -0.2) is 0 Å². The Balaban J connectivity index is 2.68. The molecule has 0 radical (unpaired) electrons. The number of halogens is 1.